The molecule has 140 valence electrons. The van der Waals surface area contributed by atoms with Crippen molar-refractivity contribution in [2.24, 2.45) is 0 Å². The van der Waals surface area contributed by atoms with Crippen molar-refractivity contribution in [3.8, 4) is 0 Å². The van der Waals surface area contributed by atoms with Crippen LogP contribution in [0.5, 0.6) is 0 Å². The average Bonchev–Trinajstić information content (AvgIpc) is 2.91. The molecule has 1 aliphatic heterocycles. The topological polar surface area (TPSA) is 64.9 Å². The van der Waals surface area contributed by atoms with Crippen molar-refractivity contribution in [2.75, 3.05) is 27.2 Å². The molecule has 1 aliphatic rings. The summed E-state index contributed by atoms with van der Waals surface area (Å²) in [6, 6.07) is 13.2. The molecule has 27 heavy (non-hydrogen) atoms. The van der Waals surface area contributed by atoms with E-state index in [0.29, 0.717) is 24.2 Å². The summed E-state index contributed by atoms with van der Waals surface area (Å²) in [5, 5.41) is 13.0. The lowest BCUT2D eigenvalue weighted by molar-refractivity contribution is -0.857. The van der Waals surface area contributed by atoms with Crippen LogP contribution in [0.15, 0.2) is 60.2 Å². The third-order valence-corrected chi connectivity index (χ3v) is 4.58. The Kier molecular flexibility index (Phi) is 5.37. The molecule has 0 saturated carbocycles. The molecule has 0 radical (unpaired) electrons. The number of quaternary nitrogens is 1. The predicted octanol–water partition coefficient (Wildman–Crippen LogP) is 0.194. The largest absolute Gasteiger partial charge is 0.872 e. The van der Waals surface area contributed by atoms with Crippen molar-refractivity contribution in [3.63, 3.8) is 0 Å². The fourth-order valence-electron chi connectivity index (χ4n) is 3.21. The summed E-state index contributed by atoms with van der Waals surface area (Å²) in [6.07, 6.45) is 0. The molecule has 5 nitrogen and oxygen atoms in total. The SMILES string of the molecule is C[NH+](C)CCN1C(=O)C(=O)C(=C([O-])c2ccccc2)C1c1cccc(F)c1. The van der Waals surface area contributed by atoms with Gasteiger partial charge in [0.05, 0.1) is 33.2 Å². The molecule has 1 atom stereocenters. The van der Waals surface area contributed by atoms with Gasteiger partial charge in [-0.2, -0.15) is 0 Å². The van der Waals surface area contributed by atoms with Crippen molar-refractivity contribution in [1.29, 1.82) is 0 Å². The van der Waals surface area contributed by atoms with E-state index in [1.165, 1.54) is 23.1 Å². The lowest BCUT2D eigenvalue weighted by Crippen LogP contribution is -3.06. The van der Waals surface area contributed by atoms with Crippen molar-refractivity contribution in [2.45, 2.75) is 6.04 Å². The van der Waals surface area contributed by atoms with Crippen molar-refractivity contribution >= 4 is 17.4 Å². The van der Waals surface area contributed by atoms with E-state index < -0.39 is 29.3 Å². The summed E-state index contributed by atoms with van der Waals surface area (Å²) in [4.78, 5) is 27.8. The fraction of sp³-hybridized carbons (Fsp3) is 0.238. The predicted molar refractivity (Wildman–Crippen MR) is 96.9 cm³/mol. The van der Waals surface area contributed by atoms with E-state index in [2.05, 4.69) is 0 Å². The van der Waals surface area contributed by atoms with Crippen LogP contribution in [0, 0.1) is 5.82 Å². The number of halogens is 1. The zero-order valence-electron chi connectivity index (χ0n) is 15.2. The highest BCUT2D eigenvalue weighted by atomic mass is 19.1. The summed E-state index contributed by atoms with van der Waals surface area (Å²) < 4.78 is 13.8. The number of nitrogens with one attached hydrogen (secondary N) is 1. The lowest BCUT2D eigenvalue weighted by Gasteiger charge is -2.27. The molecule has 1 N–H and O–H groups in total. The van der Waals surface area contributed by atoms with Gasteiger partial charge in [-0.3, -0.25) is 9.59 Å². The second-order valence-corrected chi connectivity index (χ2v) is 6.85. The molecule has 0 spiro atoms. The zero-order valence-corrected chi connectivity index (χ0v) is 15.2. The number of carbonyl (C=O) groups is 2. The van der Waals surface area contributed by atoms with Crippen molar-refractivity contribution in [3.05, 3.63) is 77.1 Å². The Bertz CT molecular complexity index is 893. The Morgan fingerprint density at radius 1 is 1.11 bits per heavy atom. The minimum atomic E-state index is -0.882. The highest BCUT2D eigenvalue weighted by Crippen LogP contribution is 2.38. The van der Waals surface area contributed by atoms with Crippen LogP contribution in [-0.2, 0) is 9.59 Å². The molecule has 6 heteroatoms. The molecule has 0 aromatic heterocycles. The highest BCUT2D eigenvalue weighted by Gasteiger charge is 2.44. The smallest absolute Gasteiger partial charge is 0.295 e. The second-order valence-electron chi connectivity index (χ2n) is 6.85. The number of amides is 1. The van der Waals surface area contributed by atoms with E-state index in [-0.39, 0.29) is 5.57 Å². The van der Waals surface area contributed by atoms with E-state index in [9.17, 15) is 19.1 Å². The summed E-state index contributed by atoms with van der Waals surface area (Å²) in [6.45, 7) is 0.886. The first-order chi connectivity index (χ1) is 12.9. The van der Waals surface area contributed by atoms with Gasteiger partial charge in [-0.25, -0.2) is 4.39 Å². The van der Waals surface area contributed by atoms with Crippen molar-refractivity contribution < 1.29 is 24.0 Å². The van der Waals surface area contributed by atoms with Crippen LogP contribution in [0.4, 0.5) is 4.39 Å². The molecule has 1 fully saturated rings. The summed E-state index contributed by atoms with van der Waals surface area (Å²) in [7, 11) is 3.86. The van der Waals surface area contributed by atoms with Gasteiger partial charge in [0.15, 0.2) is 0 Å². The van der Waals surface area contributed by atoms with Crippen LogP contribution in [0.2, 0.25) is 0 Å². The number of likely N-dealkylation sites (N-methyl/N-ethyl adjacent to an activating group) is 1. The molecular formula is C21H21FN2O3. The molecule has 2 aromatic carbocycles. The number of hydrogen-bond acceptors (Lipinski definition) is 3. The Morgan fingerprint density at radius 3 is 2.44 bits per heavy atom. The second kappa shape index (κ2) is 7.72. The minimum absolute atomic E-state index is 0.120. The standard InChI is InChI=1S/C21H21FN2O3/c1-23(2)11-12-24-18(15-9-6-10-16(22)13-15)17(20(26)21(24)27)19(25)14-7-4-3-5-8-14/h3-10,13,18,25H,11-12H2,1-2H3. The Morgan fingerprint density at radius 2 is 1.81 bits per heavy atom. The molecule has 1 amide bonds. The first-order valence-corrected chi connectivity index (χ1v) is 8.76. The number of likely N-dealkylation sites (tertiary alicyclic amines) is 1. The third kappa shape index (κ3) is 3.75. The lowest BCUT2D eigenvalue weighted by atomic mass is 9.95. The number of nitrogens with zero attached hydrogens (tertiary/aromatic N) is 1. The Balaban J connectivity index is 2.15. The maximum Gasteiger partial charge on any atom is 0.295 e. The normalized spacial score (nSPS) is 19.1. The number of benzene rings is 2. The van der Waals surface area contributed by atoms with Crippen LogP contribution in [0.3, 0.4) is 0 Å². The summed E-state index contributed by atoms with van der Waals surface area (Å²) in [5.41, 5.74) is 0.628. The highest BCUT2D eigenvalue weighted by molar-refractivity contribution is 6.46. The van der Waals surface area contributed by atoms with Crippen LogP contribution < -0.4 is 10.0 Å². The number of ketones is 1. The molecule has 3 rings (SSSR count). The van der Waals surface area contributed by atoms with Gasteiger partial charge in [0.1, 0.15) is 5.82 Å². The van der Waals surface area contributed by atoms with Gasteiger partial charge in [0, 0.05) is 5.57 Å². The maximum atomic E-state index is 13.8. The zero-order chi connectivity index (χ0) is 19.6. The van der Waals surface area contributed by atoms with Gasteiger partial charge in [-0.05, 0) is 23.3 Å². The monoisotopic (exact) mass is 368 g/mol. The van der Waals surface area contributed by atoms with Crippen molar-refractivity contribution in [1.82, 2.24) is 4.90 Å². The average molecular weight is 368 g/mol. The van der Waals surface area contributed by atoms with Crippen LogP contribution >= 0.6 is 0 Å². The molecular weight excluding hydrogens is 347 g/mol. The Hall–Kier alpha value is -2.99. The van der Waals surface area contributed by atoms with Gasteiger partial charge >= 0.3 is 0 Å². The van der Waals surface area contributed by atoms with Crippen LogP contribution in [0.25, 0.3) is 5.76 Å². The summed E-state index contributed by atoms with van der Waals surface area (Å²) >= 11 is 0. The van der Waals surface area contributed by atoms with E-state index in [1.54, 1.807) is 36.4 Å². The van der Waals surface area contributed by atoms with Crippen LogP contribution in [0.1, 0.15) is 17.2 Å². The van der Waals surface area contributed by atoms with Gasteiger partial charge in [-0.15, -0.1) is 0 Å². The molecule has 1 unspecified atom stereocenters. The minimum Gasteiger partial charge on any atom is -0.872 e. The number of carbonyl (C=O) groups excluding carboxylic acids is 2. The van der Waals surface area contributed by atoms with Gasteiger partial charge in [-0.1, -0.05) is 48.2 Å². The van der Waals surface area contributed by atoms with Gasteiger partial charge in [0.2, 0.25) is 5.78 Å². The first-order valence-electron chi connectivity index (χ1n) is 8.76. The third-order valence-electron chi connectivity index (χ3n) is 4.58. The van der Waals surface area contributed by atoms with E-state index in [1.807, 2.05) is 14.1 Å². The molecule has 0 bridgehead atoms. The first kappa shape index (κ1) is 18.8. The number of hydrogen-bond donors (Lipinski definition) is 1. The quantitative estimate of drug-likeness (QED) is 0.466. The fourth-order valence-corrected chi connectivity index (χ4v) is 3.21. The number of rotatable bonds is 5. The molecule has 1 saturated heterocycles. The molecule has 2 aromatic rings. The molecule has 1 heterocycles. The van der Waals surface area contributed by atoms with E-state index in [0.717, 1.165) is 4.90 Å². The molecule has 0 aliphatic carbocycles. The van der Waals surface area contributed by atoms with E-state index in [4.69, 9.17) is 0 Å². The van der Waals surface area contributed by atoms with Gasteiger partial charge < -0.3 is 14.9 Å². The summed E-state index contributed by atoms with van der Waals surface area (Å²) in [5.74, 6) is -2.51. The van der Waals surface area contributed by atoms with Gasteiger partial charge in [0.25, 0.3) is 5.91 Å². The van der Waals surface area contributed by atoms with Crippen LogP contribution in [-0.4, -0.2) is 43.8 Å². The number of Topliss-reactive ketones (excluding diaryl/α,β-unsaturated/α-hetero) is 1. The van der Waals surface area contributed by atoms with E-state index >= 15 is 0 Å². The Labute approximate surface area is 157 Å². The maximum absolute atomic E-state index is 13.8.